The molecule has 0 radical (unpaired) electrons. The molecular weight excluding hydrogens is 460 g/mol. The minimum atomic E-state index is -0.128. The summed E-state index contributed by atoms with van der Waals surface area (Å²) in [6.45, 7) is 3.48. The van der Waals surface area contributed by atoms with E-state index in [1.165, 1.54) is 5.56 Å². The number of benzene rings is 3. The van der Waals surface area contributed by atoms with Gasteiger partial charge in [0.05, 0.1) is 18.8 Å². The fourth-order valence-corrected chi connectivity index (χ4v) is 4.24. The molecule has 0 fully saturated rings. The summed E-state index contributed by atoms with van der Waals surface area (Å²) in [6, 6.07) is 24.9. The zero-order valence-corrected chi connectivity index (χ0v) is 20.1. The largest absolute Gasteiger partial charge is 0.348 e. The first-order valence-corrected chi connectivity index (χ1v) is 11.9. The van der Waals surface area contributed by atoms with Crippen molar-refractivity contribution in [2.24, 2.45) is 0 Å². The zero-order valence-electron chi connectivity index (χ0n) is 19.4. The second-order valence-corrected chi connectivity index (χ2v) is 9.15. The number of amides is 2. The van der Waals surface area contributed by atoms with Gasteiger partial charge in [0.1, 0.15) is 5.82 Å². The molecule has 5 rings (SSSR count). The lowest BCUT2D eigenvalue weighted by Gasteiger charge is -2.27. The lowest BCUT2D eigenvalue weighted by Crippen LogP contribution is -2.36. The summed E-state index contributed by atoms with van der Waals surface area (Å²) in [4.78, 5) is 27.1. The highest BCUT2D eigenvalue weighted by Crippen LogP contribution is 2.30. The van der Waals surface area contributed by atoms with Gasteiger partial charge in [0, 0.05) is 35.2 Å². The molecule has 0 spiro atoms. The summed E-state index contributed by atoms with van der Waals surface area (Å²) < 4.78 is 1.87. The smallest absolute Gasteiger partial charge is 0.251 e. The van der Waals surface area contributed by atoms with Gasteiger partial charge in [0.25, 0.3) is 5.91 Å². The first kappa shape index (κ1) is 22.9. The van der Waals surface area contributed by atoms with Crippen molar-refractivity contribution in [2.75, 3.05) is 4.90 Å². The quantitative estimate of drug-likeness (QED) is 0.399. The Hall–Kier alpha value is -3.90. The highest BCUT2D eigenvalue weighted by atomic mass is 35.5. The first-order chi connectivity index (χ1) is 17.0. The molecule has 7 heteroatoms. The van der Waals surface area contributed by atoms with E-state index in [1.54, 1.807) is 17.0 Å². The molecule has 0 bridgehead atoms. The summed E-state index contributed by atoms with van der Waals surface area (Å²) in [5.41, 5.74) is 5.52. The number of aryl methyl sites for hydroxylation is 2. The summed E-state index contributed by atoms with van der Waals surface area (Å²) in [6.07, 6.45) is 0.397. The second-order valence-electron chi connectivity index (χ2n) is 8.71. The molecule has 35 heavy (non-hydrogen) atoms. The standard InChI is InChI=1S/C28H25ClN4O2/c1-19-2-4-20(5-3-19)17-30-28(35)23-8-6-21(7-9-23)18-32-26-16-25(22-10-12-24(29)13-11-22)31-33(26)15-14-27(32)34/h2-13,16H,14-15,17-18H2,1H3,(H,30,35). The predicted molar refractivity (Wildman–Crippen MR) is 137 cm³/mol. The number of carbonyl (C=O) groups is 2. The highest BCUT2D eigenvalue weighted by Gasteiger charge is 2.26. The van der Waals surface area contributed by atoms with Crippen LogP contribution in [-0.2, 0) is 24.4 Å². The third-order valence-corrected chi connectivity index (χ3v) is 6.40. The average Bonchev–Trinajstić information content (AvgIpc) is 3.31. The van der Waals surface area contributed by atoms with Crippen molar-refractivity contribution < 1.29 is 9.59 Å². The van der Waals surface area contributed by atoms with E-state index in [9.17, 15) is 9.59 Å². The van der Waals surface area contributed by atoms with E-state index in [-0.39, 0.29) is 11.8 Å². The Bertz CT molecular complexity index is 1360. The monoisotopic (exact) mass is 484 g/mol. The molecule has 1 aliphatic rings. The average molecular weight is 485 g/mol. The van der Waals surface area contributed by atoms with Gasteiger partial charge in [0.2, 0.25) is 5.91 Å². The fourth-order valence-electron chi connectivity index (χ4n) is 4.12. The Morgan fingerprint density at radius 1 is 0.971 bits per heavy atom. The minimum absolute atomic E-state index is 0.0555. The van der Waals surface area contributed by atoms with Crippen LogP contribution in [-0.4, -0.2) is 21.6 Å². The molecule has 2 heterocycles. The number of rotatable bonds is 6. The topological polar surface area (TPSA) is 67.2 Å². The number of nitrogens with zero attached hydrogens (tertiary/aromatic N) is 3. The molecule has 0 atom stereocenters. The highest BCUT2D eigenvalue weighted by molar-refractivity contribution is 6.30. The van der Waals surface area contributed by atoms with Gasteiger partial charge in [-0.1, -0.05) is 65.7 Å². The van der Waals surface area contributed by atoms with E-state index < -0.39 is 0 Å². The molecule has 0 unspecified atom stereocenters. The van der Waals surface area contributed by atoms with Gasteiger partial charge in [0.15, 0.2) is 0 Å². The van der Waals surface area contributed by atoms with Gasteiger partial charge in [-0.05, 0) is 42.3 Å². The van der Waals surface area contributed by atoms with E-state index in [0.29, 0.717) is 36.6 Å². The summed E-state index contributed by atoms with van der Waals surface area (Å²) >= 11 is 6.01. The number of hydrogen-bond acceptors (Lipinski definition) is 3. The maximum atomic E-state index is 12.8. The molecule has 0 aliphatic carbocycles. The van der Waals surface area contributed by atoms with Gasteiger partial charge in [-0.25, -0.2) is 4.68 Å². The van der Waals surface area contributed by atoms with Crippen LogP contribution in [0, 0.1) is 6.92 Å². The maximum Gasteiger partial charge on any atom is 0.251 e. The van der Waals surface area contributed by atoms with Crippen LogP contribution in [0.3, 0.4) is 0 Å². The van der Waals surface area contributed by atoms with Gasteiger partial charge in [-0.15, -0.1) is 0 Å². The van der Waals surface area contributed by atoms with E-state index in [1.807, 2.05) is 78.3 Å². The third kappa shape index (κ3) is 5.12. The molecule has 0 saturated carbocycles. The van der Waals surface area contributed by atoms with Gasteiger partial charge in [-0.2, -0.15) is 5.10 Å². The Labute approximate surface area is 209 Å². The Balaban J connectivity index is 1.28. The summed E-state index contributed by atoms with van der Waals surface area (Å²) in [5, 5.41) is 8.31. The Morgan fingerprint density at radius 3 is 2.37 bits per heavy atom. The fraction of sp³-hybridized carbons (Fsp3) is 0.179. The van der Waals surface area contributed by atoms with Crippen LogP contribution in [0.5, 0.6) is 0 Å². The number of nitrogens with one attached hydrogen (secondary N) is 1. The SMILES string of the molecule is Cc1ccc(CNC(=O)c2ccc(CN3C(=O)CCn4nc(-c5ccc(Cl)cc5)cc43)cc2)cc1. The lowest BCUT2D eigenvalue weighted by molar-refractivity contribution is -0.119. The molecule has 176 valence electrons. The normalized spacial score (nSPS) is 13.0. The van der Waals surface area contributed by atoms with Crippen LogP contribution >= 0.6 is 11.6 Å². The Kier molecular flexibility index (Phi) is 6.38. The van der Waals surface area contributed by atoms with Crippen molar-refractivity contribution in [3.63, 3.8) is 0 Å². The van der Waals surface area contributed by atoms with E-state index in [0.717, 1.165) is 28.2 Å². The van der Waals surface area contributed by atoms with Crippen LogP contribution in [0.15, 0.2) is 78.9 Å². The molecule has 4 aromatic rings. The van der Waals surface area contributed by atoms with Gasteiger partial charge < -0.3 is 5.32 Å². The minimum Gasteiger partial charge on any atom is -0.348 e. The van der Waals surface area contributed by atoms with Crippen molar-refractivity contribution >= 4 is 29.2 Å². The van der Waals surface area contributed by atoms with Crippen molar-refractivity contribution in [3.05, 3.63) is 106 Å². The Morgan fingerprint density at radius 2 is 1.66 bits per heavy atom. The second kappa shape index (κ2) is 9.76. The van der Waals surface area contributed by atoms with E-state index in [4.69, 9.17) is 16.7 Å². The van der Waals surface area contributed by atoms with E-state index >= 15 is 0 Å². The van der Waals surface area contributed by atoms with Gasteiger partial charge in [-0.3, -0.25) is 14.5 Å². The van der Waals surface area contributed by atoms with Gasteiger partial charge >= 0.3 is 0 Å². The molecule has 0 saturated heterocycles. The van der Waals surface area contributed by atoms with Crippen molar-refractivity contribution in [2.45, 2.75) is 33.0 Å². The van der Waals surface area contributed by atoms with Crippen molar-refractivity contribution in [3.8, 4) is 11.3 Å². The molecule has 1 aromatic heterocycles. The number of aromatic nitrogens is 2. The van der Waals surface area contributed by atoms with Crippen LogP contribution in [0.1, 0.15) is 33.5 Å². The van der Waals surface area contributed by atoms with E-state index in [2.05, 4.69) is 5.32 Å². The van der Waals surface area contributed by atoms with Crippen molar-refractivity contribution in [1.29, 1.82) is 0 Å². The summed E-state index contributed by atoms with van der Waals surface area (Å²) in [7, 11) is 0. The maximum absolute atomic E-state index is 12.8. The number of carbonyl (C=O) groups excluding carboxylic acids is 2. The van der Waals surface area contributed by atoms with Crippen LogP contribution < -0.4 is 10.2 Å². The van der Waals surface area contributed by atoms with Crippen molar-refractivity contribution in [1.82, 2.24) is 15.1 Å². The van der Waals surface area contributed by atoms with Crippen LogP contribution in [0.2, 0.25) is 5.02 Å². The molecular formula is C28H25ClN4O2. The summed E-state index contributed by atoms with van der Waals surface area (Å²) in [5.74, 6) is 0.697. The third-order valence-electron chi connectivity index (χ3n) is 6.14. The first-order valence-electron chi connectivity index (χ1n) is 11.5. The van der Waals surface area contributed by atoms with Crippen LogP contribution in [0.25, 0.3) is 11.3 Å². The molecule has 1 N–H and O–H groups in total. The molecule has 6 nitrogen and oxygen atoms in total. The number of fused-ring (bicyclic) bond motifs is 1. The zero-order chi connectivity index (χ0) is 24.4. The molecule has 1 aliphatic heterocycles. The molecule has 2 amide bonds. The predicted octanol–water partition coefficient (Wildman–Crippen LogP) is 5.38. The van der Waals surface area contributed by atoms with Crippen LogP contribution in [0.4, 0.5) is 5.82 Å². The number of hydrogen-bond donors (Lipinski definition) is 1. The molecule has 3 aromatic carbocycles. The lowest BCUT2D eigenvalue weighted by atomic mass is 10.1. The number of anilines is 1. The number of halogens is 1.